The zero-order chi connectivity index (χ0) is 35.3. The molecule has 1 aliphatic heterocycles. The summed E-state index contributed by atoms with van der Waals surface area (Å²) in [6.45, 7) is 1.68. The number of carbonyl (C=O) groups excluding carboxylic acids is 3. The molecule has 15 heteroatoms. The van der Waals surface area contributed by atoms with Gasteiger partial charge in [-0.15, -0.1) is 0 Å². The molecule has 49 heavy (non-hydrogen) atoms. The monoisotopic (exact) mass is 680 g/mol. The number of nitrogens with one attached hydrogen (secondary N) is 3. The SMILES string of the molecule is CC[C@]1(C(N)=O)COc2c1cc(C(O)(CNC(=O)c1cc(NC(=O)NC3CC3)c3ncc(C)cc3c1)C(F)(F)F)nc2-c1ccc(F)cc1. The lowest BCUT2D eigenvalue weighted by Crippen LogP contribution is -2.52. The van der Waals surface area contributed by atoms with Crippen LogP contribution in [0.2, 0.25) is 0 Å². The van der Waals surface area contributed by atoms with Crippen LogP contribution in [-0.4, -0.2) is 58.3 Å². The van der Waals surface area contributed by atoms with Gasteiger partial charge in [0.1, 0.15) is 29.3 Å². The number of alkyl halides is 3. The van der Waals surface area contributed by atoms with Crippen molar-refractivity contribution in [3.8, 4) is 17.0 Å². The number of halogens is 4. The molecule has 3 heterocycles. The number of hydrogen-bond donors (Lipinski definition) is 5. The van der Waals surface area contributed by atoms with E-state index in [0.29, 0.717) is 10.9 Å². The second-order valence-corrected chi connectivity index (χ2v) is 12.3. The summed E-state index contributed by atoms with van der Waals surface area (Å²) in [6.07, 6.45) is -2.13. The number of rotatable bonds is 9. The molecule has 256 valence electrons. The Morgan fingerprint density at radius 1 is 1.10 bits per heavy atom. The second kappa shape index (κ2) is 12.3. The third-order valence-electron chi connectivity index (χ3n) is 8.88. The molecule has 11 nitrogen and oxygen atoms in total. The molecule has 2 aromatic heterocycles. The van der Waals surface area contributed by atoms with Gasteiger partial charge >= 0.3 is 12.2 Å². The minimum atomic E-state index is -5.40. The lowest BCUT2D eigenvalue weighted by molar-refractivity contribution is -0.265. The zero-order valence-electron chi connectivity index (χ0n) is 26.4. The number of pyridine rings is 2. The summed E-state index contributed by atoms with van der Waals surface area (Å²) in [6, 6.07) is 9.46. The van der Waals surface area contributed by atoms with E-state index < -0.39 is 53.1 Å². The molecule has 0 saturated heterocycles. The van der Waals surface area contributed by atoms with E-state index in [4.69, 9.17) is 10.5 Å². The van der Waals surface area contributed by atoms with Crippen molar-refractivity contribution in [3.63, 3.8) is 0 Å². The molecule has 0 radical (unpaired) electrons. The standard InChI is InChI=1S/C34H32F4N6O5/c1-3-32(30(39)46)16-49-28-23(32)13-25(44-27(28)18-4-6-21(35)7-5-18)33(48,34(36,37)38)15-41-29(45)20-11-19-10-17(2)14-40-26(19)24(12-20)43-31(47)42-22-8-9-22/h4-7,10-14,22,48H,3,8-9,15-16H2,1-2H3,(H2,39,46)(H,41,45)(H2,42,43,47)/t32-,33?/m0/s1. The number of hydrogen-bond acceptors (Lipinski definition) is 7. The topological polar surface area (TPSA) is 169 Å². The smallest absolute Gasteiger partial charge is 0.424 e. The fourth-order valence-corrected chi connectivity index (χ4v) is 5.80. The third kappa shape index (κ3) is 6.21. The van der Waals surface area contributed by atoms with Crippen LogP contribution < -0.4 is 26.4 Å². The van der Waals surface area contributed by atoms with Crippen LogP contribution in [0.3, 0.4) is 0 Å². The van der Waals surface area contributed by atoms with E-state index in [1.165, 1.54) is 24.3 Å². The summed E-state index contributed by atoms with van der Waals surface area (Å²) < 4.78 is 64.3. The van der Waals surface area contributed by atoms with E-state index in [1.807, 2.05) is 0 Å². The Morgan fingerprint density at radius 3 is 2.45 bits per heavy atom. The Morgan fingerprint density at radius 2 is 1.82 bits per heavy atom. The van der Waals surface area contributed by atoms with Crippen LogP contribution in [0.1, 0.15) is 53.4 Å². The maximum absolute atomic E-state index is 14.9. The normalized spacial score (nSPS) is 18.3. The molecule has 0 spiro atoms. The van der Waals surface area contributed by atoms with Crippen LogP contribution in [0.4, 0.5) is 28.0 Å². The van der Waals surface area contributed by atoms with Gasteiger partial charge in [-0.3, -0.25) is 14.6 Å². The number of ether oxygens (including phenoxy) is 1. The van der Waals surface area contributed by atoms with Crippen LogP contribution >= 0.6 is 0 Å². The van der Waals surface area contributed by atoms with Crippen LogP contribution in [0.5, 0.6) is 5.75 Å². The Balaban J connectivity index is 1.39. The first-order valence-corrected chi connectivity index (χ1v) is 15.4. The van der Waals surface area contributed by atoms with Gasteiger partial charge in [0, 0.05) is 34.3 Å². The zero-order valence-corrected chi connectivity index (χ0v) is 26.4. The average Bonchev–Trinajstić information content (AvgIpc) is 3.78. The number of fused-ring (bicyclic) bond motifs is 2. The molecule has 6 rings (SSSR count). The minimum absolute atomic E-state index is 0.0291. The molecule has 1 unspecified atom stereocenters. The number of primary amides is 1. The lowest BCUT2D eigenvalue weighted by atomic mass is 9.78. The quantitative estimate of drug-likeness (QED) is 0.159. The lowest BCUT2D eigenvalue weighted by Gasteiger charge is -2.32. The summed E-state index contributed by atoms with van der Waals surface area (Å²) in [7, 11) is 0. The van der Waals surface area contributed by atoms with Gasteiger partial charge < -0.3 is 31.5 Å². The molecular weight excluding hydrogens is 648 g/mol. The Labute approximate surface area is 277 Å². The summed E-state index contributed by atoms with van der Waals surface area (Å²) >= 11 is 0. The first-order chi connectivity index (χ1) is 23.1. The van der Waals surface area contributed by atoms with E-state index in [2.05, 4.69) is 25.9 Å². The van der Waals surface area contributed by atoms with Crippen molar-refractivity contribution < 1.29 is 41.8 Å². The minimum Gasteiger partial charge on any atom is -0.489 e. The largest absolute Gasteiger partial charge is 0.489 e. The highest BCUT2D eigenvalue weighted by Crippen LogP contribution is 2.49. The second-order valence-electron chi connectivity index (χ2n) is 12.3. The molecule has 1 aliphatic carbocycles. The molecule has 1 saturated carbocycles. The van der Waals surface area contributed by atoms with Crippen molar-refractivity contribution in [3.05, 3.63) is 82.9 Å². The molecule has 0 bridgehead atoms. The van der Waals surface area contributed by atoms with E-state index in [1.54, 1.807) is 26.1 Å². The number of amides is 4. The van der Waals surface area contributed by atoms with Gasteiger partial charge in [0.2, 0.25) is 11.5 Å². The fraction of sp³-hybridized carbons (Fsp3) is 0.324. The molecule has 1 fully saturated rings. The van der Waals surface area contributed by atoms with E-state index in [9.17, 15) is 37.1 Å². The van der Waals surface area contributed by atoms with Gasteiger partial charge in [-0.1, -0.05) is 6.92 Å². The highest BCUT2D eigenvalue weighted by atomic mass is 19.4. The Hall–Kier alpha value is -5.31. The van der Waals surface area contributed by atoms with Crippen LogP contribution in [0.15, 0.2) is 54.7 Å². The molecular formula is C34H32F4N6O5. The Bertz CT molecular complexity index is 1980. The number of nitrogens with zero attached hydrogens (tertiary/aromatic N) is 2. The number of aromatic nitrogens is 2. The third-order valence-corrected chi connectivity index (χ3v) is 8.88. The number of aryl methyl sites for hydroxylation is 1. The van der Waals surface area contributed by atoms with E-state index >= 15 is 0 Å². The summed E-state index contributed by atoms with van der Waals surface area (Å²) in [5.74, 6) is -2.51. The molecule has 4 amide bonds. The molecule has 2 atom stereocenters. The van der Waals surface area contributed by atoms with Crippen molar-refractivity contribution in [1.82, 2.24) is 20.6 Å². The number of urea groups is 1. The predicted molar refractivity (Wildman–Crippen MR) is 170 cm³/mol. The van der Waals surface area contributed by atoms with Crippen molar-refractivity contribution in [2.24, 2.45) is 5.73 Å². The summed E-state index contributed by atoms with van der Waals surface area (Å²) in [5.41, 5.74) is 0.496. The van der Waals surface area contributed by atoms with Crippen molar-refractivity contribution in [2.45, 2.75) is 56.3 Å². The van der Waals surface area contributed by atoms with Crippen molar-refractivity contribution >= 4 is 34.4 Å². The fourth-order valence-electron chi connectivity index (χ4n) is 5.80. The van der Waals surface area contributed by atoms with Crippen molar-refractivity contribution in [1.29, 1.82) is 0 Å². The van der Waals surface area contributed by atoms with Gasteiger partial charge in [0.25, 0.3) is 5.91 Å². The number of nitrogens with two attached hydrogens (primary N) is 1. The van der Waals surface area contributed by atoms with Gasteiger partial charge in [0.05, 0.1) is 23.4 Å². The maximum Gasteiger partial charge on any atom is 0.424 e. The predicted octanol–water partition coefficient (Wildman–Crippen LogP) is 4.73. The molecule has 2 aromatic carbocycles. The number of carbonyl (C=O) groups is 3. The number of anilines is 1. The molecule has 2 aliphatic rings. The maximum atomic E-state index is 14.9. The van der Waals surface area contributed by atoms with Crippen LogP contribution in [-0.2, 0) is 15.8 Å². The van der Waals surface area contributed by atoms with Gasteiger partial charge in [-0.25, -0.2) is 14.2 Å². The van der Waals surface area contributed by atoms with Gasteiger partial charge in [-0.05, 0) is 80.3 Å². The molecule has 6 N–H and O–H groups in total. The average molecular weight is 681 g/mol. The number of benzene rings is 2. The van der Waals surface area contributed by atoms with Crippen molar-refractivity contribution in [2.75, 3.05) is 18.5 Å². The van der Waals surface area contributed by atoms with Gasteiger partial charge in [-0.2, -0.15) is 13.2 Å². The first-order valence-electron chi connectivity index (χ1n) is 15.4. The molecule has 4 aromatic rings. The van der Waals surface area contributed by atoms with Crippen LogP contribution in [0.25, 0.3) is 22.2 Å². The highest BCUT2D eigenvalue weighted by molar-refractivity contribution is 6.05. The summed E-state index contributed by atoms with van der Waals surface area (Å²) in [4.78, 5) is 47.2. The van der Waals surface area contributed by atoms with E-state index in [-0.39, 0.29) is 52.9 Å². The van der Waals surface area contributed by atoms with Crippen LogP contribution in [0, 0.1) is 12.7 Å². The number of aliphatic hydroxyl groups is 1. The summed E-state index contributed by atoms with van der Waals surface area (Å²) in [5, 5.41) is 19.4. The highest BCUT2D eigenvalue weighted by Gasteiger charge is 2.58. The van der Waals surface area contributed by atoms with Gasteiger partial charge in [0.15, 0.2) is 0 Å². The first kappa shape index (κ1) is 33.6. The Kier molecular flexibility index (Phi) is 8.43. The van der Waals surface area contributed by atoms with E-state index in [0.717, 1.165) is 36.6 Å².